The van der Waals surface area contributed by atoms with Crippen LogP contribution in [0.2, 0.25) is 0 Å². The van der Waals surface area contributed by atoms with E-state index in [1.807, 2.05) is 18.2 Å². The van der Waals surface area contributed by atoms with Crippen molar-refractivity contribution in [2.75, 3.05) is 18.0 Å². The summed E-state index contributed by atoms with van der Waals surface area (Å²) in [5.74, 6) is 2.20. The van der Waals surface area contributed by atoms with E-state index in [0.717, 1.165) is 18.7 Å². The molecule has 0 amide bonds. The lowest BCUT2D eigenvalue weighted by molar-refractivity contribution is 0.0928. The Morgan fingerprint density at radius 2 is 1.76 bits per heavy atom. The molecule has 0 aliphatic heterocycles. The number of carbonyl (C=O) groups excluding carboxylic acids is 1. The van der Waals surface area contributed by atoms with E-state index in [4.69, 9.17) is 16.6 Å². The SMILES string of the molecule is C1CC(C2CC2)C1.C=c1/c(=C\c2ccc(N(CC)CC)cc2)oc(=S)n1C(C)=O. The van der Waals surface area contributed by atoms with Crippen LogP contribution in [-0.4, -0.2) is 23.6 Å². The second-order valence-corrected chi connectivity index (χ2v) is 8.32. The van der Waals surface area contributed by atoms with E-state index < -0.39 is 0 Å². The first-order valence-corrected chi connectivity index (χ1v) is 11.1. The molecule has 1 aromatic heterocycles. The number of aromatic nitrogens is 1. The zero-order chi connectivity index (χ0) is 21.0. The van der Waals surface area contributed by atoms with Crippen LogP contribution < -0.4 is 15.7 Å². The van der Waals surface area contributed by atoms with Crippen molar-refractivity contribution >= 4 is 36.5 Å². The standard InChI is InChI=1S/C17H20N2O2S.C7H12/c1-5-18(6-2)15-9-7-14(8-10-15)11-16-12(3)19(13(4)20)17(22)21-16;1-2-6(3-1)7-4-5-7/h7-11H,3,5-6H2,1-2,4H3;6-7H,1-5H2/b16-11+;. The number of oxazole rings is 1. The average molecular weight is 413 g/mol. The van der Waals surface area contributed by atoms with Crippen molar-refractivity contribution in [2.45, 2.75) is 52.9 Å². The molecule has 5 heteroatoms. The topological polar surface area (TPSA) is 38.4 Å². The quantitative estimate of drug-likeness (QED) is 0.664. The molecule has 0 bridgehead atoms. The second-order valence-electron chi connectivity index (χ2n) is 7.97. The summed E-state index contributed by atoms with van der Waals surface area (Å²) in [4.78, 5) is 13.9. The molecule has 1 heterocycles. The molecule has 1 aromatic carbocycles. The van der Waals surface area contributed by atoms with Gasteiger partial charge in [0.25, 0.3) is 4.84 Å². The number of carbonyl (C=O) groups is 1. The van der Waals surface area contributed by atoms with Gasteiger partial charge in [0.15, 0.2) is 5.42 Å². The normalized spacial score (nSPS) is 16.7. The molecule has 0 saturated heterocycles. The van der Waals surface area contributed by atoms with Gasteiger partial charge in [-0.05, 0) is 74.5 Å². The van der Waals surface area contributed by atoms with Gasteiger partial charge in [0, 0.05) is 25.7 Å². The number of hydrogen-bond donors (Lipinski definition) is 0. The molecule has 0 unspecified atom stereocenters. The molecule has 2 aliphatic rings. The highest BCUT2D eigenvalue weighted by molar-refractivity contribution is 7.71. The highest BCUT2D eigenvalue weighted by Gasteiger charge is 2.34. The molecule has 2 aliphatic carbocycles. The molecule has 4 nitrogen and oxygen atoms in total. The van der Waals surface area contributed by atoms with Crippen LogP contribution in [-0.2, 0) is 0 Å². The van der Waals surface area contributed by atoms with Crippen LogP contribution >= 0.6 is 12.2 Å². The summed E-state index contributed by atoms with van der Waals surface area (Å²) >= 11 is 5.05. The third-order valence-electron chi connectivity index (χ3n) is 6.01. The van der Waals surface area contributed by atoms with Gasteiger partial charge < -0.3 is 9.32 Å². The van der Waals surface area contributed by atoms with Gasteiger partial charge in [-0.3, -0.25) is 4.79 Å². The van der Waals surface area contributed by atoms with Gasteiger partial charge in [-0.1, -0.05) is 38.0 Å². The lowest BCUT2D eigenvalue weighted by Gasteiger charge is -2.24. The van der Waals surface area contributed by atoms with Crippen molar-refractivity contribution < 1.29 is 9.21 Å². The molecule has 0 atom stereocenters. The van der Waals surface area contributed by atoms with Crippen LogP contribution in [0.25, 0.3) is 12.7 Å². The van der Waals surface area contributed by atoms with Gasteiger partial charge in [0.2, 0.25) is 5.91 Å². The summed E-state index contributed by atoms with van der Waals surface area (Å²) in [5, 5.41) is 0.477. The van der Waals surface area contributed by atoms with Crippen molar-refractivity contribution in [3.8, 4) is 0 Å². The number of hydrogen-bond acceptors (Lipinski definition) is 4. The summed E-state index contributed by atoms with van der Waals surface area (Å²) in [6, 6.07) is 8.16. The smallest absolute Gasteiger partial charge is 0.276 e. The van der Waals surface area contributed by atoms with E-state index in [2.05, 4.69) is 37.5 Å². The molecular weight excluding hydrogens is 380 g/mol. The lowest BCUT2D eigenvalue weighted by Crippen LogP contribution is -2.30. The van der Waals surface area contributed by atoms with Gasteiger partial charge >= 0.3 is 0 Å². The van der Waals surface area contributed by atoms with Crippen LogP contribution in [0, 0.1) is 16.7 Å². The van der Waals surface area contributed by atoms with Crippen LogP contribution in [0.15, 0.2) is 28.7 Å². The zero-order valence-electron chi connectivity index (χ0n) is 17.8. The molecule has 0 N–H and O–H groups in total. The van der Waals surface area contributed by atoms with Crippen LogP contribution in [0.1, 0.15) is 63.2 Å². The van der Waals surface area contributed by atoms with Gasteiger partial charge in [-0.2, -0.15) is 0 Å². The summed E-state index contributed by atoms with van der Waals surface area (Å²) in [6.45, 7) is 11.5. The fraction of sp³-hybridized carbons (Fsp3) is 0.500. The van der Waals surface area contributed by atoms with Crippen molar-refractivity contribution in [1.82, 2.24) is 4.57 Å². The zero-order valence-corrected chi connectivity index (χ0v) is 18.6. The molecule has 2 saturated carbocycles. The fourth-order valence-electron chi connectivity index (χ4n) is 3.85. The van der Waals surface area contributed by atoms with Gasteiger partial charge in [-0.25, -0.2) is 4.57 Å². The monoisotopic (exact) mass is 412 g/mol. The van der Waals surface area contributed by atoms with Crippen molar-refractivity contribution in [3.63, 3.8) is 0 Å². The summed E-state index contributed by atoms with van der Waals surface area (Å²) in [7, 11) is 0. The van der Waals surface area contributed by atoms with E-state index in [1.54, 1.807) is 25.7 Å². The van der Waals surface area contributed by atoms with E-state index >= 15 is 0 Å². The molecule has 29 heavy (non-hydrogen) atoms. The van der Waals surface area contributed by atoms with Crippen LogP contribution in [0.5, 0.6) is 0 Å². The first-order chi connectivity index (χ1) is 13.9. The predicted octanol–water partition coefficient (Wildman–Crippen LogP) is 4.75. The minimum absolute atomic E-state index is 0.128. The van der Waals surface area contributed by atoms with Gasteiger partial charge in [-0.15, -0.1) is 0 Å². The van der Waals surface area contributed by atoms with Crippen LogP contribution in [0.4, 0.5) is 5.69 Å². The number of benzene rings is 1. The lowest BCUT2D eigenvalue weighted by atomic mass is 9.82. The Morgan fingerprint density at radius 3 is 2.14 bits per heavy atom. The first kappa shape index (κ1) is 21.6. The minimum atomic E-state index is -0.199. The third-order valence-corrected chi connectivity index (χ3v) is 6.27. The van der Waals surface area contributed by atoms with Crippen molar-refractivity contribution in [2.24, 2.45) is 11.8 Å². The molecule has 2 aromatic rings. The molecule has 0 spiro atoms. The maximum atomic E-state index is 11.5. The Hall–Kier alpha value is -2.14. The molecule has 0 radical (unpaired) electrons. The van der Waals surface area contributed by atoms with E-state index in [-0.39, 0.29) is 10.7 Å². The Kier molecular flexibility index (Phi) is 7.12. The molecular formula is C24H32N2O2S. The highest BCUT2D eigenvalue weighted by Crippen LogP contribution is 2.46. The fourth-order valence-corrected chi connectivity index (χ4v) is 4.18. The maximum absolute atomic E-state index is 11.5. The van der Waals surface area contributed by atoms with Crippen LogP contribution in [0.3, 0.4) is 0 Å². The van der Waals surface area contributed by atoms with E-state index in [1.165, 1.54) is 35.4 Å². The third kappa shape index (κ3) is 5.27. The maximum Gasteiger partial charge on any atom is 0.276 e. The number of rotatable bonds is 5. The Labute approximate surface area is 178 Å². The van der Waals surface area contributed by atoms with Crippen molar-refractivity contribution in [1.29, 1.82) is 0 Å². The first-order valence-electron chi connectivity index (χ1n) is 10.7. The average Bonchev–Trinajstić information content (AvgIpc) is 3.42. The van der Waals surface area contributed by atoms with E-state index in [0.29, 0.717) is 10.8 Å². The minimum Gasteiger partial charge on any atom is -0.429 e. The number of anilines is 1. The van der Waals surface area contributed by atoms with Crippen molar-refractivity contribution in [3.05, 3.63) is 45.4 Å². The Balaban J connectivity index is 0.000000283. The number of nitrogens with zero attached hydrogens (tertiary/aromatic N) is 2. The Morgan fingerprint density at radius 1 is 1.17 bits per heavy atom. The largest absolute Gasteiger partial charge is 0.429 e. The Bertz CT molecular complexity index is 991. The predicted molar refractivity (Wildman–Crippen MR) is 122 cm³/mol. The highest BCUT2D eigenvalue weighted by atomic mass is 32.1. The van der Waals surface area contributed by atoms with E-state index in [9.17, 15) is 4.79 Å². The second kappa shape index (κ2) is 9.57. The summed E-state index contributed by atoms with van der Waals surface area (Å²) < 4.78 is 6.76. The summed E-state index contributed by atoms with van der Waals surface area (Å²) in [5.41, 5.74) is 2.66. The van der Waals surface area contributed by atoms with Gasteiger partial charge in [0.1, 0.15) is 0 Å². The molecule has 156 valence electrons. The summed E-state index contributed by atoms with van der Waals surface area (Å²) in [6.07, 6.45) is 9.61. The molecule has 2 fully saturated rings. The molecule has 4 rings (SSSR count). The van der Waals surface area contributed by atoms with Gasteiger partial charge in [0.05, 0.1) is 5.35 Å².